The molecular formula is C34H50N2O8S. The van der Waals surface area contributed by atoms with E-state index < -0.39 is 39.2 Å². The number of nitrogens with zero attached hydrogens (tertiary/aromatic N) is 2. The fourth-order valence-electron chi connectivity index (χ4n) is 6.41. The Labute approximate surface area is 267 Å². The van der Waals surface area contributed by atoms with Crippen molar-refractivity contribution in [3.63, 3.8) is 0 Å². The van der Waals surface area contributed by atoms with Crippen LogP contribution in [0.2, 0.25) is 0 Å². The van der Waals surface area contributed by atoms with E-state index in [9.17, 15) is 23.1 Å². The normalized spacial score (nSPS) is 18.6. The van der Waals surface area contributed by atoms with Crippen LogP contribution in [0.3, 0.4) is 0 Å². The van der Waals surface area contributed by atoms with Gasteiger partial charge in [0.15, 0.2) is 9.84 Å². The van der Waals surface area contributed by atoms with E-state index in [0.717, 1.165) is 36.9 Å². The first-order valence-electron chi connectivity index (χ1n) is 15.9. The number of carbonyl (C=O) groups is 2. The summed E-state index contributed by atoms with van der Waals surface area (Å²) >= 11 is 0. The van der Waals surface area contributed by atoms with Gasteiger partial charge in [-0.05, 0) is 73.7 Å². The highest BCUT2D eigenvalue weighted by molar-refractivity contribution is 7.91. The molecule has 0 fully saturated rings. The zero-order valence-corrected chi connectivity index (χ0v) is 27.9. The summed E-state index contributed by atoms with van der Waals surface area (Å²) in [6.07, 6.45) is 4.87. The van der Waals surface area contributed by atoms with Crippen LogP contribution in [0.5, 0.6) is 5.75 Å². The minimum absolute atomic E-state index is 0.0943. The molecule has 1 aliphatic heterocycles. The molecule has 0 saturated carbocycles. The minimum Gasteiger partial charge on any atom is -0.494 e. The number of aliphatic carboxylic acids is 2. The number of hydrogen-bond acceptors (Lipinski definition) is 8. The summed E-state index contributed by atoms with van der Waals surface area (Å²) in [6.45, 7) is 4.12. The van der Waals surface area contributed by atoms with Crippen molar-refractivity contribution in [2.75, 3.05) is 51.0 Å². The summed E-state index contributed by atoms with van der Waals surface area (Å²) in [5, 5.41) is 30.5. The maximum atomic E-state index is 14.1. The molecule has 45 heavy (non-hydrogen) atoms. The number of carboxylic acid groups (broad SMARTS) is 2. The maximum absolute atomic E-state index is 14.1. The number of sulfone groups is 1. The third-order valence-electron chi connectivity index (χ3n) is 8.73. The fourth-order valence-corrected chi connectivity index (χ4v) is 8.60. The molecule has 0 aromatic heterocycles. The van der Waals surface area contributed by atoms with E-state index in [0.29, 0.717) is 50.1 Å². The Morgan fingerprint density at radius 2 is 1.58 bits per heavy atom. The second kappa shape index (κ2) is 16.4. The van der Waals surface area contributed by atoms with Crippen LogP contribution in [-0.2, 0) is 19.4 Å². The smallest absolute Gasteiger partial charge is 0.317 e. The second-order valence-electron chi connectivity index (χ2n) is 12.5. The standard InChI is InChI=1S/C34H50N2O8S/c1-5-7-16-34(17-8-6-2)24-45(42,43)29-15-14-26(35(3)4)21-28(29)32(33(34)41)25-12-11-13-27(20-25)44-19-10-9-18-36(22-30(37)38)23-31(39)40/h11-15,20-21,32-33,41H,5-10,16-19,22-24H2,1-4H3,(H,37,38)(H,39,40)/t32-,33-/m1/s1. The van der Waals surface area contributed by atoms with E-state index in [4.69, 9.17) is 14.9 Å². The van der Waals surface area contributed by atoms with Gasteiger partial charge in [-0.3, -0.25) is 14.5 Å². The number of fused-ring (bicyclic) bond motifs is 1. The number of carboxylic acids is 2. The number of hydrogen-bond donors (Lipinski definition) is 3. The van der Waals surface area contributed by atoms with Gasteiger partial charge in [0.2, 0.25) is 0 Å². The van der Waals surface area contributed by atoms with E-state index in [1.54, 1.807) is 6.07 Å². The van der Waals surface area contributed by atoms with Gasteiger partial charge in [-0.25, -0.2) is 8.42 Å². The minimum atomic E-state index is -3.70. The molecule has 0 saturated heterocycles. The quantitative estimate of drug-likeness (QED) is 0.189. The van der Waals surface area contributed by atoms with Crippen LogP contribution < -0.4 is 9.64 Å². The highest BCUT2D eigenvalue weighted by Crippen LogP contribution is 2.50. The Morgan fingerprint density at radius 1 is 0.933 bits per heavy atom. The van der Waals surface area contributed by atoms with Gasteiger partial charge in [0.05, 0.1) is 36.4 Å². The molecule has 11 heteroatoms. The molecule has 3 N–H and O–H groups in total. The molecule has 1 aliphatic rings. The van der Waals surface area contributed by atoms with E-state index in [2.05, 4.69) is 13.8 Å². The number of aliphatic hydroxyl groups is 1. The lowest BCUT2D eigenvalue weighted by molar-refractivity contribution is -0.141. The molecule has 0 radical (unpaired) electrons. The maximum Gasteiger partial charge on any atom is 0.317 e. The summed E-state index contributed by atoms with van der Waals surface area (Å²) in [7, 11) is 0.106. The molecule has 3 rings (SSSR count). The van der Waals surface area contributed by atoms with Crippen molar-refractivity contribution in [2.45, 2.75) is 82.1 Å². The molecule has 10 nitrogen and oxygen atoms in total. The van der Waals surface area contributed by atoms with Crippen molar-refractivity contribution in [2.24, 2.45) is 5.41 Å². The molecule has 1 heterocycles. The first-order valence-corrected chi connectivity index (χ1v) is 17.6. The molecule has 0 bridgehead atoms. The number of rotatable bonds is 18. The highest BCUT2D eigenvalue weighted by atomic mass is 32.2. The largest absolute Gasteiger partial charge is 0.494 e. The van der Waals surface area contributed by atoms with Crippen molar-refractivity contribution in [3.05, 3.63) is 53.6 Å². The van der Waals surface area contributed by atoms with Crippen molar-refractivity contribution < 1.29 is 38.1 Å². The zero-order chi connectivity index (χ0) is 33.2. The zero-order valence-electron chi connectivity index (χ0n) is 27.1. The third kappa shape index (κ3) is 9.67. The van der Waals surface area contributed by atoms with Gasteiger partial charge in [0.25, 0.3) is 0 Å². The first-order chi connectivity index (χ1) is 21.3. The summed E-state index contributed by atoms with van der Waals surface area (Å²) in [6, 6.07) is 12.9. The molecule has 2 atom stereocenters. The second-order valence-corrected chi connectivity index (χ2v) is 14.5. The van der Waals surface area contributed by atoms with Crippen LogP contribution in [0.4, 0.5) is 5.69 Å². The van der Waals surface area contributed by atoms with Crippen LogP contribution in [0.25, 0.3) is 0 Å². The van der Waals surface area contributed by atoms with E-state index in [-0.39, 0.29) is 23.7 Å². The molecule has 0 unspecified atom stereocenters. The number of anilines is 1. The Kier molecular flexibility index (Phi) is 13.3. The van der Waals surface area contributed by atoms with E-state index >= 15 is 0 Å². The average molecular weight is 647 g/mol. The first kappa shape index (κ1) is 36.3. The number of benzene rings is 2. The lowest BCUT2D eigenvalue weighted by Crippen LogP contribution is -2.43. The van der Waals surface area contributed by atoms with Gasteiger partial charge < -0.3 is 25.0 Å². The van der Waals surface area contributed by atoms with Gasteiger partial charge in [-0.15, -0.1) is 0 Å². The molecule has 2 aromatic carbocycles. The third-order valence-corrected chi connectivity index (χ3v) is 10.7. The number of unbranched alkanes of at least 4 members (excludes halogenated alkanes) is 3. The van der Waals surface area contributed by atoms with Crippen LogP contribution in [-0.4, -0.2) is 92.8 Å². The number of ether oxygens (including phenoxy) is 1. The van der Waals surface area contributed by atoms with Crippen LogP contribution in [0.1, 0.15) is 82.3 Å². The topological polar surface area (TPSA) is 145 Å². The van der Waals surface area contributed by atoms with Gasteiger partial charge in [0, 0.05) is 31.1 Å². The van der Waals surface area contributed by atoms with Crippen LogP contribution in [0.15, 0.2) is 47.4 Å². The predicted octanol–water partition coefficient (Wildman–Crippen LogP) is 5.03. The van der Waals surface area contributed by atoms with Gasteiger partial charge in [0.1, 0.15) is 5.75 Å². The van der Waals surface area contributed by atoms with Crippen molar-refractivity contribution in [1.82, 2.24) is 4.90 Å². The van der Waals surface area contributed by atoms with Crippen molar-refractivity contribution in [1.29, 1.82) is 0 Å². The van der Waals surface area contributed by atoms with Crippen LogP contribution in [0, 0.1) is 5.41 Å². The summed E-state index contributed by atoms with van der Waals surface area (Å²) in [5.74, 6) is -2.26. The Hall–Kier alpha value is -3.15. The molecule has 250 valence electrons. The van der Waals surface area contributed by atoms with Gasteiger partial charge in [-0.2, -0.15) is 0 Å². The molecule has 0 aliphatic carbocycles. The predicted molar refractivity (Wildman–Crippen MR) is 175 cm³/mol. The Bertz CT molecular complexity index is 1370. The lowest BCUT2D eigenvalue weighted by Gasteiger charge is -2.40. The monoisotopic (exact) mass is 646 g/mol. The van der Waals surface area contributed by atoms with Crippen LogP contribution >= 0.6 is 0 Å². The molecule has 2 aromatic rings. The Morgan fingerprint density at radius 3 is 2.16 bits per heavy atom. The molecule has 0 amide bonds. The molecular weight excluding hydrogens is 596 g/mol. The number of aliphatic hydroxyl groups excluding tert-OH is 1. The van der Waals surface area contributed by atoms with E-state index in [1.165, 1.54) is 4.90 Å². The van der Waals surface area contributed by atoms with Crippen molar-refractivity contribution in [3.8, 4) is 5.75 Å². The van der Waals surface area contributed by atoms with Crippen molar-refractivity contribution >= 4 is 27.5 Å². The van der Waals surface area contributed by atoms with E-state index in [1.807, 2.05) is 55.4 Å². The summed E-state index contributed by atoms with van der Waals surface area (Å²) < 4.78 is 34.2. The Balaban J connectivity index is 1.95. The molecule has 0 spiro atoms. The average Bonchev–Trinajstić information content (AvgIpc) is 3.04. The van der Waals surface area contributed by atoms with Gasteiger partial charge >= 0.3 is 11.9 Å². The summed E-state index contributed by atoms with van der Waals surface area (Å²) in [5.41, 5.74) is 1.42. The highest BCUT2D eigenvalue weighted by Gasteiger charge is 2.49. The summed E-state index contributed by atoms with van der Waals surface area (Å²) in [4.78, 5) is 25.7. The fraction of sp³-hybridized carbons (Fsp3) is 0.588. The van der Waals surface area contributed by atoms with Gasteiger partial charge in [-0.1, -0.05) is 51.7 Å². The lowest BCUT2D eigenvalue weighted by atomic mass is 9.68. The SMILES string of the molecule is CCCCC1(CCCC)CS(=O)(=O)c2ccc(N(C)C)cc2[C@@H](c2cccc(OCCCCN(CC(=O)O)CC(=O)O)c2)[C@H]1O.